The Morgan fingerprint density at radius 3 is 2.36 bits per heavy atom. The van der Waals surface area contributed by atoms with Gasteiger partial charge in [-0.2, -0.15) is 0 Å². The van der Waals surface area contributed by atoms with Gasteiger partial charge >= 0.3 is 0 Å². The Morgan fingerprint density at radius 2 is 2.00 bits per heavy atom. The molecular weight excluding hydrogens is 291 g/mol. The summed E-state index contributed by atoms with van der Waals surface area (Å²) < 4.78 is 0. The van der Waals surface area contributed by atoms with E-state index < -0.39 is 0 Å². The van der Waals surface area contributed by atoms with Crippen LogP contribution < -0.4 is 16.6 Å². The van der Waals surface area contributed by atoms with Gasteiger partial charge in [0.25, 0.3) is 0 Å². The Balaban J connectivity index is 0.00000169. The minimum atomic E-state index is 0. The summed E-state index contributed by atoms with van der Waals surface area (Å²) in [5.41, 5.74) is 2.59. The molecule has 0 bridgehead atoms. The van der Waals surface area contributed by atoms with Gasteiger partial charge in [0.05, 0.1) is 0 Å². The molecule has 0 aromatic heterocycles. The summed E-state index contributed by atoms with van der Waals surface area (Å²) in [5, 5.41) is 3.20. The van der Waals surface area contributed by atoms with Gasteiger partial charge in [-0.25, -0.2) is 5.84 Å². The number of aliphatic imine (C=N–C) groups is 1. The van der Waals surface area contributed by atoms with Crippen molar-refractivity contribution in [1.29, 1.82) is 0 Å². The van der Waals surface area contributed by atoms with Gasteiger partial charge in [0.1, 0.15) is 0 Å². The van der Waals surface area contributed by atoms with Crippen molar-refractivity contribution in [2.75, 3.05) is 6.54 Å². The minimum absolute atomic E-state index is 0. The van der Waals surface area contributed by atoms with E-state index in [4.69, 9.17) is 5.84 Å². The lowest BCUT2D eigenvalue weighted by Crippen LogP contribution is -2.50. The molecule has 84 valence electrons. The smallest absolute Gasteiger partial charge is 0.206 e. The van der Waals surface area contributed by atoms with Crippen LogP contribution in [0.3, 0.4) is 0 Å². The number of nitrogens with two attached hydrogens (primary N) is 1. The highest BCUT2D eigenvalue weighted by Gasteiger charge is 2.21. The number of halogens is 1. The second kappa shape index (κ2) is 5.75. The van der Waals surface area contributed by atoms with Crippen LogP contribution in [0.5, 0.6) is 0 Å². The van der Waals surface area contributed by atoms with Gasteiger partial charge in [0, 0.05) is 12.1 Å². The van der Waals surface area contributed by atoms with Crippen molar-refractivity contribution in [2.45, 2.75) is 39.2 Å². The van der Waals surface area contributed by atoms with Crippen molar-refractivity contribution >= 4 is 29.9 Å². The number of hydrazine groups is 1. The van der Waals surface area contributed by atoms with Gasteiger partial charge in [-0.3, -0.25) is 10.4 Å². The van der Waals surface area contributed by atoms with Crippen LogP contribution in [0.4, 0.5) is 0 Å². The Morgan fingerprint density at radius 1 is 1.43 bits per heavy atom. The highest BCUT2D eigenvalue weighted by molar-refractivity contribution is 14.0. The molecule has 0 aliphatic heterocycles. The third-order valence-corrected chi connectivity index (χ3v) is 1.83. The first-order valence-electron chi connectivity index (χ1n) is 4.80. The highest BCUT2D eigenvalue weighted by atomic mass is 127. The van der Waals surface area contributed by atoms with Crippen LogP contribution in [0.25, 0.3) is 0 Å². The summed E-state index contributed by atoms with van der Waals surface area (Å²) in [6, 6.07) is 0. The second-order valence-electron chi connectivity index (χ2n) is 4.65. The van der Waals surface area contributed by atoms with Crippen LogP contribution in [0.15, 0.2) is 4.99 Å². The van der Waals surface area contributed by atoms with Crippen molar-refractivity contribution in [3.63, 3.8) is 0 Å². The Kier molecular flexibility index (Phi) is 5.73. The monoisotopic (exact) mass is 312 g/mol. The summed E-state index contributed by atoms with van der Waals surface area (Å²) in [7, 11) is 0. The average molecular weight is 312 g/mol. The van der Waals surface area contributed by atoms with E-state index in [1.54, 1.807) is 0 Å². The quantitative estimate of drug-likeness (QED) is 0.236. The first-order valence-corrected chi connectivity index (χ1v) is 4.80. The Hall–Kier alpha value is -0.0400. The SMILES string of the molecule is CC(C)(C)NC(=NCC1CC1)NN.I. The number of nitrogens with one attached hydrogen (secondary N) is 2. The molecule has 0 aromatic rings. The first kappa shape index (κ1) is 14.0. The Labute approximate surface area is 103 Å². The topological polar surface area (TPSA) is 62.4 Å². The maximum atomic E-state index is 5.34. The zero-order valence-corrected chi connectivity index (χ0v) is 11.5. The fourth-order valence-electron chi connectivity index (χ4n) is 0.997. The van der Waals surface area contributed by atoms with E-state index in [1.807, 2.05) is 0 Å². The van der Waals surface area contributed by atoms with Gasteiger partial charge in [-0.1, -0.05) is 0 Å². The number of hydrogen-bond acceptors (Lipinski definition) is 2. The van der Waals surface area contributed by atoms with Crippen molar-refractivity contribution in [2.24, 2.45) is 16.8 Å². The molecule has 1 fully saturated rings. The Bertz CT molecular complexity index is 193. The molecule has 0 amide bonds. The van der Waals surface area contributed by atoms with Crippen LogP contribution in [0.2, 0.25) is 0 Å². The summed E-state index contributed by atoms with van der Waals surface area (Å²) in [6.45, 7) is 7.13. The highest BCUT2D eigenvalue weighted by Crippen LogP contribution is 2.28. The molecule has 1 saturated carbocycles. The van der Waals surface area contributed by atoms with E-state index >= 15 is 0 Å². The summed E-state index contributed by atoms with van der Waals surface area (Å²) >= 11 is 0. The molecule has 0 unspecified atom stereocenters. The minimum Gasteiger partial charge on any atom is -0.351 e. The molecule has 4 N–H and O–H groups in total. The van der Waals surface area contributed by atoms with Crippen LogP contribution >= 0.6 is 24.0 Å². The van der Waals surface area contributed by atoms with E-state index in [-0.39, 0.29) is 29.5 Å². The van der Waals surface area contributed by atoms with Crippen LogP contribution in [0.1, 0.15) is 33.6 Å². The number of rotatable bonds is 2. The van der Waals surface area contributed by atoms with Gasteiger partial charge in [-0.15, -0.1) is 24.0 Å². The molecule has 0 atom stereocenters. The predicted octanol–water partition coefficient (Wildman–Crippen LogP) is 1.22. The molecule has 4 nitrogen and oxygen atoms in total. The van der Waals surface area contributed by atoms with Gasteiger partial charge in [0.2, 0.25) is 5.96 Å². The second-order valence-corrected chi connectivity index (χ2v) is 4.65. The average Bonchev–Trinajstić information content (AvgIpc) is 2.78. The van der Waals surface area contributed by atoms with E-state index in [0.717, 1.165) is 12.5 Å². The molecule has 5 heteroatoms. The molecule has 1 aliphatic carbocycles. The number of hydrogen-bond donors (Lipinski definition) is 3. The standard InChI is InChI=1S/C9H20N4.HI/c1-9(2,3)12-8(13-10)11-6-7-4-5-7;/h7H,4-6,10H2,1-3H3,(H2,11,12,13);1H. The summed E-state index contributed by atoms with van der Waals surface area (Å²) in [4.78, 5) is 4.36. The molecule has 1 rings (SSSR count). The van der Waals surface area contributed by atoms with Gasteiger partial charge in [0.15, 0.2) is 0 Å². The third-order valence-electron chi connectivity index (χ3n) is 1.83. The molecule has 0 radical (unpaired) electrons. The lowest BCUT2D eigenvalue weighted by atomic mass is 10.1. The van der Waals surface area contributed by atoms with Crippen molar-refractivity contribution in [3.8, 4) is 0 Å². The summed E-state index contributed by atoms with van der Waals surface area (Å²) in [6.07, 6.45) is 2.63. The third kappa shape index (κ3) is 6.42. The van der Waals surface area contributed by atoms with E-state index in [2.05, 4.69) is 36.5 Å². The molecule has 0 saturated heterocycles. The molecule has 0 aromatic carbocycles. The fourth-order valence-corrected chi connectivity index (χ4v) is 0.997. The largest absolute Gasteiger partial charge is 0.351 e. The molecular formula is C9H21IN4. The maximum absolute atomic E-state index is 5.34. The first-order chi connectivity index (χ1) is 6.01. The molecule has 14 heavy (non-hydrogen) atoms. The van der Waals surface area contributed by atoms with E-state index in [9.17, 15) is 0 Å². The fraction of sp³-hybridized carbons (Fsp3) is 0.889. The number of nitrogens with zero attached hydrogens (tertiary/aromatic N) is 1. The predicted molar refractivity (Wildman–Crippen MR) is 70.7 cm³/mol. The van der Waals surface area contributed by atoms with Crippen molar-refractivity contribution in [3.05, 3.63) is 0 Å². The van der Waals surface area contributed by atoms with Crippen molar-refractivity contribution in [1.82, 2.24) is 10.7 Å². The van der Waals surface area contributed by atoms with Gasteiger partial charge < -0.3 is 5.32 Å². The van der Waals surface area contributed by atoms with Crippen molar-refractivity contribution < 1.29 is 0 Å². The summed E-state index contributed by atoms with van der Waals surface area (Å²) in [5.74, 6) is 6.83. The zero-order valence-electron chi connectivity index (χ0n) is 9.13. The lowest BCUT2D eigenvalue weighted by molar-refractivity contribution is 0.501. The maximum Gasteiger partial charge on any atom is 0.206 e. The van der Waals surface area contributed by atoms with Crippen LogP contribution in [-0.4, -0.2) is 18.0 Å². The zero-order chi connectivity index (χ0) is 9.90. The number of guanidine groups is 1. The van der Waals surface area contributed by atoms with Gasteiger partial charge in [-0.05, 0) is 39.5 Å². The normalized spacial score (nSPS) is 17.3. The molecule has 0 heterocycles. The van der Waals surface area contributed by atoms with E-state index in [0.29, 0.717) is 5.96 Å². The van der Waals surface area contributed by atoms with Crippen LogP contribution in [0, 0.1) is 5.92 Å². The lowest BCUT2D eigenvalue weighted by Gasteiger charge is -2.22. The molecule has 0 spiro atoms. The van der Waals surface area contributed by atoms with E-state index in [1.165, 1.54) is 12.8 Å². The van der Waals surface area contributed by atoms with Crippen LogP contribution in [-0.2, 0) is 0 Å². The molecule has 1 aliphatic rings.